The number of hydrogen-bond acceptors (Lipinski definition) is 8. The van der Waals surface area contributed by atoms with Crippen molar-refractivity contribution in [2.24, 2.45) is 11.8 Å². The highest BCUT2D eigenvalue weighted by Crippen LogP contribution is 2.43. The molecule has 0 radical (unpaired) electrons. The second kappa shape index (κ2) is 10.3. The van der Waals surface area contributed by atoms with Crippen LogP contribution in [-0.2, 0) is 37.4 Å². The molecular formula is C24H33N3O5S3. The molecule has 0 bridgehead atoms. The molecule has 11 heteroatoms. The van der Waals surface area contributed by atoms with Crippen molar-refractivity contribution in [1.82, 2.24) is 9.88 Å². The van der Waals surface area contributed by atoms with Crippen LogP contribution in [-0.4, -0.2) is 56.4 Å². The number of thiazole rings is 1. The van der Waals surface area contributed by atoms with Gasteiger partial charge in [0.25, 0.3) is 0 Å². The first-order valence-corrected chi connectivity index (χ1v) is 16.3. The van der Waals surface area contributed by atoms with E-state index >= 15 is 0 Å². The van der Waals surface area contributed by atoms with Gasteiger partial charge in [-0.15, -0.1) is 11.3 Å². The summed E-state index contributed by atoms with van der Waals surface area (Å²) in [6.07, 6.45) is 1.58. The van der Waals surface area contributed by atoms with E-state index in [1.807, 2.05) is 0 Å². The summed E-state index contributed by atoms with van der Waals surface area (Å²) in [5.74, 6) is 1.14. The fraction of sp³-hybridized carbons (Fsp3) is 0.583. The number of hydrogen-bond donors (Lipinski definition) is 1. The van der Waals surface area contributed by atoms with Crippen molar-refractivity contribution in [1.29, 1.82) is 0 Å². The van der Waals surface area contributed by atoms with Crippen LogP contribution < -0.4 is 5.32 Å². The number of benzene rings is 1. The van der Waals surface area contributed by atoms with Gasteiger partial charge < -0.3 is 5.32 Å². The molecule has 0 saturated carbocycles. The SMILES string of the molecule is CCS(=O)(=O)c1ccc(CC(=O)Nc2nc3c(s2)CN(CC2CCS(=O)(=O)CC2)C3C(C)C)cc1. The van der Waals surface area contributed by atoms with Crippen molar-refractivity contribution in [2.75, 3.05) is 29.1 Å². The molecule has 3 heterocycles. The van der Waals surface area contributed by atoms with E-state index in [4.69, 9.17) is 4.98 Å². The summed E-state index contributed by atoms with van der Waals surface area (Å²) in [7, 11) is -6.13. The van der Waals surface area contributed by atoms with Crippen molar-refractivity contribution >= 4 is 42.1 Å². The molecule has 192 valence electrons. The number of carbonyl (C=O) groups is 1. The number of sulfone groups is 2. The van der Waals surface area contributed by atoms with Crippen molar-refractivity contribution in [3.8, 4) is 0 Å². The van der Waals surface area contributed by atoms with E-state index in [-0.39, 0.29) is 40.5 Å². The Bertz CT molecular complexity index is 1270. The van der Waals surface area contributed by atoms with Gasteiger partial charge in [-0.05, 0) is 42.4 Å². The Morgan fingerprint density at radius 3 is 2.46 bits per heavy atom. The number of carbonyl (C=O) groups excluding carboxylic acids is 1. The Balaban J connectivity index is 1.38. The van der Waals surface area contributed by atoms with Crippen LogP contribution in [0.2, 0.25) is 0 Å². The Labute approximate surface area is 212 Å². The van der Waals surface area contributed by atoms with Gasteiger partial charge in [0, 0.05) is 18.0 Å². The molecule has 8 nitrogen and oxygen atoms in total. The molecule has 1 atom stereocenters. The van der Waals surface area contributed by atoms with Crippen LogP contribution in [0.1, 0.15) is 55.8 Å². The number of nitrogens with zero attached hydrogens (tertiary/aromatic N) is 2. The molecule has 1 fully saturated rings. The van der Waals surface area contributed by atoms with E-state index in [9.17, 15) is 21.6 Å². The van der Waals surface area contributed by atoms with Gasteiger partial charge >= 0.3 is 0 Å². The number of rotatable bonds is 8. The summed E-state index contributed by atoms with van der Waals surface area (Å²) in [5, 5.41) is 3.49. The number of amides is 1. The Morgan fingerprint density at radius 1 is 1.20 bits per heavy atom. The van der Waals surface area contributed by atoms with E-state index in [1.54, 1.807) is 31.2 Å². The lowest BCUT2D eigenvalue weighted by molar-refractivity contribution is -0.115. The predicted molar refractivity (Wildman–Crippen MR) is 138 cm³/mol. The van der Waals surface area contributed by atoms with E-state index in [0.717, 1.165) is 42.1 Å². The number of fused-ring (bicyclic) bond motifs is 1. The first-order valence-electron chi connectivity index (χ1n) is 12.0. The van der Waals surface area contributed by atoms with Crippen LogP contribution in [0.15, 0.2) is 29.2 Å². The fourth-order valence-corrected chi connectivity index (χ4v) is 8.43. The van der Waals surface area contributed by atoms with E-state index < -0.39 is 19.7 Å². The Hall–Kier alpha value is -1.82. The monoisotopic (exact) mass is 539 g/mol. The standard InChI is InChI=1S/C24H33N3O5S3/c1-4-35(31,32)19-7-5-17(6-8-19)13-21(28)25-24-26-22-20(33-24)15-27(23(22)16(2)3)14-18-9-11-34(29,30)12-10-18/h5-8,16,18,23H,4,9-15H2,1-3H3,(H,25,26,28). The van der Waals surface area contributed by atoms with Gasteiger partial charge in [0.15, 0.2) is 15.0 Å². The summed E-state index contributed by atoms with van der Waals surface area (Å²) in [5.41, 5.74) is 1.75. The van der Waals surface area contributed by atoms with Crippen LogP contribution >= 0.6 is 11.3 Å². The molecule has 2 aliphatic rings. The van der Waals surface area contributed by atoms with Gasteiger partial charge in [-0.1, -0.05) is 32.9 Å². The summed E-state index contributed by atoms with van der Waals surface area (Å²) in [6, 6.07) is 6.59. The summed E-state index contributed by atoms with van der Waals surface area (Å²) < 4.78 is 47.5. The second-order valence-electron chi connectivity index (χ2n) is 9.81. The maximum Gasteiger partial charge on any atom is 0.230 e. The highest BCUT2D eigenvalue weighted by Gasteiger charge is 2.38. The smallest absolute Gasteiger partial charge is 0.230 e. The minimum Gasteiger partial charge on any atom is -0.302 e. The highest BCUT2D eigenvalue weighted by molar-refractivity contribution is 7.91. The third kappa shape index (κ3) is 6.12. The Morgan fingerprint density at radius 2 is 1.86 bits per heavy atom. The maximum absolute atomic E-state index is 12.6. The van der Waals surface area contributed by atoms with Crippen molar-refractivity contribution < 1.29 is 21.6 Å². The first-order chi connectivity index (χ1) is 16.5. The number of nitrogens with one attached hydrogen (secondary N) is 1. The molecule has 35 heavy (non-hydrogen) atoms. The van der Waals surface area contributed by atoms with Gasteiger partial charge in [0.2, 0.25) is 5.91 Å². The zero-order chi connectivity index (χ0) is 25.4. The molecule has 2 aromatic rings. The molecule has 1 aromatic heterocycles. The lowest BCUT2D eigenvalue weighted by atomic mass is 9.98. The number of anilines is 1. The molecule has 1 N–H and O–H groups in total. The predicted octanol–water partition coefficient (Wildman–Crippen LogP) is 3.46. The highest BCUT2D eigenvalue weighted by atomic mass is 32.2. The average Bonchev–Trinajstić information content (AvgIpc) is 3.31. The fourth-order valence-electron chi connectivity index (χ4n) is 4.92. The molecular weight excluding hydrogens is 506 g/mol. The van der Waals surface area contributed by atoms with Crippen LogP contribution in [0.3, 0.4) is 0 Å². The van der Waals surface area contributed by atoms with E-state index in [0.29, 0.717) is 17.0 Å². The summed E-state index contributed by atoms with van der Waals surface area (Å²) in [4.78, 5) is 21.2. The van der Waals surface area contributed by atoms with Crippen LogP contribution in [0.4, 0.5) is 5.13 Å². The van der Waals surface area contributed by atoms with Crippen molar-refractivity contribution in [2.45, 2.75) is 57.5 Å². The topological polar surface area (TPSA) is 114 Å². The van der Waals surface area contributed by atoms with Crippen molar-refractivity contribution in [3.63, 3.8) is 0 Å². The lowest BCUT2D eigenvalue weighted by Gasteiger charge is -2.32. The largest absolute Gasteiger partial charge is 0.302 e. The maximum atomic E-state index is 12.6. The van der Waals surface area contributed by atoms with Crippen molar-refractivity contribution in [3.05, 3.63) is 40.4 Å². The van der Waals surface area contributed by atoms with Gasteiger partial charge in [-0.2, -0.15) is 0 Å². The van der Waals surface area contributed by atoms with Gasteiger partial charge in [-0.3, -0.25) is 9.69 Å². The van der Waals surface area contributed by atoms with Crippen LogP contribution in [0.5, 0.6) is 0 Å². The van der Waals surface area contributed by atoms with Crippen LogP contribution in [0.25, 0.3) is 0 Å². The van der Waals surface area contributed by atoms with Gasteiger partial charge in [0.05, 0.1) is 40.3 Å². The summed E-state index contributed by atoms with van der Waals surface area (Å²) >= 11 is 1.50. The molecule has 4 rings (SSSR count). The zero-order valence-electron chi connectivity index (χ0n) is 20.4. The Kier molecular flexibility index (Phi) is 7.71. The molecule has 1 unspecified atom stereocenters. The van der Waals surface area contributed by atoms with E-state index in [2.05, 4.69) is 24.1 Å². The third-order valence-electron chi connectivity index (χ3n) is 6.82. The molecule has 0 spiro atoms. The minimum atomic E-state index is -3.26. The first kappa shape index (κ1) is 26.2. The van der Waals surface area contributed by atoms with Gasteiger partial charge in [0.1, 0.15) is 9.84 Å². The minimum absolute atomic E-state index is 0.0406. The molecule has 2 aliphatic heterocycles. The van der Waals surface area contributed by atoms with E-state index in [1.165, 1.54) is 11.3 Å². The molecule has 1 amide bonds. The third-order valence-corrected chi connectivity index (χ3v) is 11.3. The number of aromatic nitrogens is 1. The summed E-state index contributed by atoms with van der Waals surface area (Å²) in [6.45, 7) is 7.57. The zero-order valence-corrected chi connectivity index (χ0v) is 22.8. The van der Waals surface area contributed by atoms with Gasteiger partial charge in [-0.25, -0.2) is 21.8 Å². The van der Waals surface area contributed by atoms with Crippen LogP contribution in [0, 0.1) is 11.8 Å². The second-order valence-corrected chi connectivity index (χ2v) is 15.5. The quantitative estimate of drug-likeness (QED) is 0.547. The molecule has 1 saturated heterocycles. The normalized spacial score (nSPS) is 20.7. The lowest BCUT2D eigenvalue weighted by Crippen LogP contribution is -2.35. The molecule has 1 aromatic carbocycles. The molecule has 0 aliphatic carbocycles. The average molecular weight is 540 g/mol.